The van der Waals surface area contributed by atoms with Gasteiger partial charge in [-0.2, -0.15) is 0 Å². The summed E-state index contributed by atoms with van der Waals surface area (Å²) in [5.74, 6) is 0.992. The number of ether oxygens (including phenoxy) is 2. The van der Waals surface area contributed by atoms with Gasteiger partial charge in [0, 0.05) is 0 Å². The van der Waals surface area contributed by atoms with E-state index < -0.39 is 6.10 Å². The zero-order valence-electron chi connectivity index (χ0n) is 13.3. The Morgan fingerprint density at radius 2 is 1.92 bits per heavy atom. The summed E-state index contributed by atoms with van der Waals surface area (Å²) < 4.78 is 12.4. The van der Waals surface area contributed by atoms with Crippen LogP contribution >= 0.6 is 11.3 Å². The van der Waals surface area contributed by atoms with Crippen molar-refractivity contribution < 1.29 is 14.3 Å². The Bertz CT molecular complexity index is 896. The number of aromatic nitrogens is 1. The lowest BCUT2D eigenvalue weighted by Crippen LogP contribution is -2.40. The molecular weight excluding hydrogens is 324 g/mol. The number of anilines is 1. The molecule has 5 nitrogen and oxygen atoms in total. The van der Waals surface area contributed by atoms with Crippen molar-refractivity contribution in [3.05, 3.63) is 47.5 Å². The molecule has 1 N–H and O–H groups in total. The smallest absolute Gasteiger partial charge is 0.270 e. The number of hydrogen-bond donors (Lipinski definition) is 1. The number of thiazole rings is 1. The molecule has 0 unspecified atom stereocenters. The van der Waals surface area contributed by atoms with Crippen molar-refractivity contribution >= 4 is 32.6 Å². The molecule has 1 amide bonds. The summed E-state index contributed by atoms with van der Waals surface area (Å²) in [7, 11) is 0. The molecule has 3 aromatic rings. The van der Waals surface area contributed by atoms with Crippen molar-refractivity contribution in [1.82, 2.24) is 4.98 Å². The van der Waals surface area contributed by atoms with Gasteiger partial charge in [0.05, 0.1) is 10.2 Å². The molecule has 0 saturated carbocycles. The Morgan fingerprint density at radius 3 is 2.71 bits per heavy atom. The number of carbonyl (C=O) groups is 1. The molecule has 2 aromatic carbocycles. The Kier molecular flexibility index (Phi) is 3.61. The summed E-state index contributed by atoms with van der Waals surface area (Å²) in [6, 6.07) is 11.4. The Balaban J connectivity index is 1.55. The molecule has 0 radical (unpaired) electrons. The normalized spacial score (nSPS) is 16.2. The topological polar surface area (TPSA) is 60.5 Å². The third kappa shape index (κ3) is 2.59. The van der Waals surface area contributed by atoms with E-state index in [0.29, 0.717) is 16.6 Å². The molecule has 0 spiro atoms. The molecule has 6 heteroatoms. The number of para-hydroxylation sites is 2. The van der Waals surface area contributed by atoms with Crippen LogP contribution in [0.3, 0.4) is 0 Å². The van der Waals surface area contributed by atoms with Crippen molar-refractivity contribution in [3.8, 4) is 11.5 Å². The van der Waals surface area contributed by atoms with Crippen molar-refractivity contribution in [2.45, 2.75) is 20.0 Å². The number of nitrogens with one attached hydrogen (secondary N) is 1. The van der Waals surface area contributed by atoms with Gasteiger partial charge in [-0.15, -0.1) is 0 Å². The molecule has 0 aliphatic carbocycles. The van der Waals surface area contributed by atoms with Crippen LogP contribution in [0.4, 0.5) is 5.13 Å². The Morgan fingerprint density at radius 1 is 1.17 bits per heavy atom. The lowest BCUT2D eigenvalue weighted by Gasteiger charge is -2.25. The van der Waals surface area contributed by atoms with Crippen LogP contribution in [-0.2, 0) is 4.79 Å². The fourth-order valence-electron chi connectivity index (χ4n) is 2.65. The van der Waals surface area contributed by atoms with E-state index >= 15 is 0 Å². The van der Waals surface area contributed by atoms with Gasteiger partial charge in [-0.05, 0) is 37.1 Å². The van der Waals surface area contributed by atoms with E-state index in [4.69, 9.17) is 9.47 Å². The van der Waals surface area contributed by atoms with Gasteiger partial charge in [0.2, 0.25) is 6.10 Å². The van der Waals surface area contributed by atoms with Gasteiger partial charge >= 0.3 is 0 Å². The zero-order valence-corrected chi connectivity index (χ0v) is 14.1. The second-order valence-corrected chi connectivity index (χ2v) is 6.75. The van der Waals surface area contributed by atoms with E-state index in [1.807, 2.05) is 38.1 Å². The molecule has 1 atom stereocenters. The summed E-state index contributed by atoms with van der Waals surface area (Å²) in [6.45, 7) is 4.24. The number of aryl methyl sites for hydroxylation is 2. The number of fused-ring (bicyclic) bond motifs is 2. The third-order valence-corrected chi connectivity index (χ3v) is 5.08. The van der Waals surface area contributed by atoms with Gasteiger partial charge in [-0.3, -0.25) is 10.1 Å². The molecule has 0 saturated heterocycles. The molecule has 0 fully saturated rings. The maximum atomic E-state index is 12.5. The number of carbonyl (C=O) groups excluding carboxylic acids is 1. The molecule has 122 valence electrons. The van der Waals surface area contributed by atoms with Crippen molar-refractivity contribution in [1.29, 1.82) is 0 Å². The summed E-state index contributed by atoms with van der Waals surface area (Å²) in [6.07, 6.45) is -0.686. The van der Waals surface area contributed by atoms with Crippen molar-refractivity contribution in [2.75, 3.05) is 11.9 Å². The highest BCUT2D eigenvalue weighted by Crippen LogP contribution is 2.33. The molecule has 1 aliphatic heterocycles. The monoisotopic (exact) mass is 340 g/mol. The minimum absolute atomic E-state index is 0.186. The zero-order chi connectivity index (χ0) is 16.7. The minimum atomic E-state index is -0.686. The van der Waals surface area contributed by atoms with Crippen LogP contribution < -0.4 is 14.8 Å². The largest absolute Gasteiger partial charge is 0.485 e. The maximum absolute atomic E-state index is 12.5. The Labute approximate surface area is 143 Å². The van der Waals surface area contributed by atoms with Gasteiger partial charge < -0.3 is 9.47 Å². The predicted octanol–water partition coefficient (Wildman–Crippen LogP) is 3.69. The number of nitrogens with zero attached hydrogens (tertiary/aromatic N) is 1. The second kappa shape index (κ2) is 5.79. The lowest BCUT2D eigenvalue weighted by atomic mass is 10.1. The average molecular weight is 340 g/mol. The van der Waals surface area contributed by atoms with Crippen LogP contribution in [0.1, 0.15) is 11.1 Å². The first-order chi connectivity index (χ1) is 11.6. The van der Waals surface area contributed by atoms with Crippen LogP contribution in [0.2, 0.25) is 0 Å². The van der Waals surface area contributed by atoms with Crippen LogP contribution in [0.5, 0.6) is 11.5 Å². The second-order valence-electron chi connectivity index (χ2n) is 5.75. The van der Waals surface area contributed by atoms with E-state index in [1.165, 1.54) is 11.3 Å². The van der Waals surface area contributed by atoms with Crippen molar-refractivity contribution in [3.63, 3.8) is 0 Å². The standard InChI is InChI=1S/C18H16N2O3S/c1-10-7-8-11(2)16-15(10)19-18(24-16)20-17(21)14-9-22-12-5-3-4-6-13(12)23-14/h3-8,14H,9H2,1-2H3,(H,19,20,21)/t14-/m1/s1. The highest BCUT2D eigenvalue weighted by molar-refractivity contribution is 7.22. The third-order valence-electron chi connectivity index (χ3n) is 3.97. The van der Waals surface area contributed by atoms with E-state index in [9.17, 15) is 4.79 Å². The van der Waals surface area contributed by atoms with E-state index in [-0.39, 0.29) is 12.5 Å². The Hall–Kier alpha value is -2.60. The van der Waals surface area contributed by atoms with Crippen molar-refractivity contribution in [2.24, 2.45) is 0 Å². The van der Waals surface area contributed by atoms with Gasteiger partial charge in [-0.25, -0.2) is 4.98 Å². The van der Waals surface area contributed by atoms with E-state index in [0.717, 1.165) is 21.3 Å². The van der Waals surface area contributed by atoms with Crippen LogP contribution in [0, 0.1) is 13.8 Å². The molecule has 1 aliphatic rings. The SMILES string of the molecule is Cc1ccc(C)c2sc(NC(=O)[C@H]3COc4ccccc4O3)nc12. The molecule has 2 heterocycles. The van der Waals surface area contributed by atoms with Gasteiger partial charge in [0.1, 0.15) is 6.61 Å². The lowest BCUT2D eigenvalue weighted by molar-refractivity contribution is -0.125. The average Bonchev–Trinajstić information content (AvgIpc) is 3.03. The fraction of sp³-hybridized carbons (Fsp3) is 0.222. The first-order valence-electron chi connectivity index (χ1n) is 7.68. The predicted molar refractivity (Wildman–Crippen MR) is 94.1 cm³/mol. The first kappa shape index (κ1) is 15.0. The van der Waals surface area contributed by atoms with Gasteiger partial charge in [0.25, 0.3) is 5.91 Å². The maximum Gasteiger partial charge on any atom is 0.270 e. The van der Waals surface area contributed by atoms with Crippen LogP contribution in [0.25, 0.3) is 10.2 Å². The fourth-order valence-corrected chi connectivity index (χ4v) is 3.66. The number of rotatable bonds is 2. The quantitative estimate of drug-likeness (QED) is 0.773. The molecular formula is C18H16N2O3S. The summed E-state index contributed by atoms with van der Waals surface area (Å²) in [5.41, 5.74) is 3.18. The van der Waals surface area contributed by atoms with E-state index in [1.54, 1.807) is 6.07 Å². The summed E-state index contributed by atoms with van der Waals surface area (Å²) in [4.78, 5) is 17.0. The molecule has 4 rings (SSSR count). The first-order valence-corrected chi connectivity index (χ1v) is 8.49. The van der Waals surface area contributed by atoms with E-state index in [2.05, 4.69) is 16.4 Å². The molecule has 0 bridgehead atoms. The van der Waals surface area contributed by atoms with Crippen LogP contribution in [-0.4, -0.2) is 23.6 Å². The molecule has 1 aromatic heterocycles. The summed E-state index contributed by atoms with van der Waals surface area (Å²) >= 11 is 1.48. The highest BCUT2D eigenvalue weighted by Gasteiger charge is 2.28. The van der Waals surface area contributed by atoms with Gasteiger partial charge in [-0.1, -0.05) is 35.6 Å². The number of hydrogen-bond acceptors (Lipinski definition) is 5. The minimum Gasteiger partial charge on any atom is -0.485 e. The molecule has 24 heavy (non-hydrogen) atoms. The van der Waals surface area contributed by atoms with Crippen LogP contribution in [0.15, 0.2) is 36.4 Å². The highest BCUT2D eigenvalue weighted by atomic mass is 32.1. The number of amides is 1. The summed E-state index contributed by atoms with van der Waals surface area (Å²) in [5, 5.41) is 3.43. The van der Waals surface area contributed by atoms with Gasteiger partial charge in [0.15, 0.2) is 16.6 Å². The number of benzene rings is 2.